The van der Waals surface area contributed by atoms with Gasteiger partial charge in [0, 0.05) is 24.7 Å². The molecular formula is C14H22N2O4S. The van der Waals surface area contributed by atoms with Crippen molar-refractivity contribution in [3.05, 3.63) is 18.2 Å². The molecule has 0 radical (unpaired) electrons. The minimum atomic E-state index is -3.64. The van der Waals surface area contributed by atoms with Crippen LogP contribution in [0.25, 0.3) is 0 Å². The van der Waals surface area contributed by atoms with E-state index in [0.29, 0.717) is 30.9 Å². The van der Waals surface area contributed by atoms with E-state index in [-0.39, 0.29) is 17.0 Å². The summed E-state index contributed by atoms with van der Waals surface area (Å²) in [6, 6.07) is 4.70. The molecule has 0 saturated carbocycles. The Morgan fingerprint density at radius 2 is 2.00 bits per heavy atom. The molecular weight excluding hydrogens is 292 g/mol. The molecule has 1 aromatic rings. The van der Waals surface area contributed by atoms with Crippen LogP contribution >= 0.6 is 0 Å². The summed E-state index contributed by atoms with van der Waals surface area (Å²) >= 11 is 0. The van der Waals surface area contributed by atoms with E-state index in [1.165, 1.54) is 24.6 Å². The van der Waals surface area contributed by atoms with Crippen LogP contribution in [-0.4, -0.2) is 45.6 Å². The van der Waals surface area contributed by atoms with Gasteiger partial charge in [0.2, 0.25) is 10.0 Å². The number of nitrogens with zero attached hydrogens (tertiary/aromatic N) is 1. The van der Waals surface area contributed by atoms with Gasteiger partial charge >= 0.3 is 0 Å². The monoisotopic (exact) mass is 314 g/mol. The minimum Gasteiger partial charge on any atom is -0.497 e. The second-order valence-electron chi connectivity index (χ2n) is 5.27. The Bertz CT molecular complexity index is 603. The first-order valence-electron chi connectivity index (χ1n) is 6.89. The van der Waals surface area contributed by atoms with Crippen molar-refractivity contribution in [2.45, 2.75) is 36.7 Å². The Kier molecular flexibility index (Phi) is 4.75. The third-order valence-electron chi connectivity index (χ3n) is 3.81. The lowest BCUT2D eigenvalue weighted by Crippen LogP contribution is -2.48. The molecule has 118 valence electrons. The molecule has 7 heteroatoms. The van der Waals surface area contributed by atoms with Crippen molar-refractivity contribution in [1.29, 1.82) is 0 Å². The van der Waals surface area contributed by atoms with Crippen LogP contribution < -0.4 is 15.2 Å². The van der Waals surface area contributed by atoms with Gasteiger partial charge in [-0.1, -0.05) is 0 Å². The van der Waals surface area contributed by atoms with Crippen molar-refractivity contribution in [2.75, 3.05) is 20.8 Å². The van der Waals surface area contributed by atoms with Crippen LogP contribution in [0.3, 0.4) is 0 Å². The zero-order chi connectivity index (χ0) is 15.6. The number of hydrogen-bond donors (Lipinski definition) is 1. The first-order valence-corrected chi connectivity index (χ1v) is 8.33. The molecule has 1 saturated heterocycles. The largest absolute Gasteiger partial charge is 0.497 e. The van der Waals surface area contributed by atoms with Crippen LogP contribution in [0.15, 0.2) is 23.1 Å². The SMILES string of the molecule is COc1ccc(OC)c(S(=O)(=O)N2CCC(N)CC2C)c1. The highest BCUT2D eigenvalue weighted by Crippen LogP contribution is 2.33. The van der Waals surface area contributed by atoms with Gasteiger partial charge in [-0.25, -0.2) is 8.42 Å². The van der Waals surface area contributed by atoms with E-state index < -0.39 is 10.0 Å². The lowest BCUT2D eigenvalue weighted by Gasteiger charge is -2.35. The van der Waals surface area contributed by atoms with Crippen LogP contribution in [0.1, 0.15) is 19.8 Å². The molecule has 1 aromatic carbocycles. The Hall–Kier alpha value is -1.31. The van der Waals surface area contributed by atoms with Crippen molar-refractivity contribution in [3.63, 3.8) is 0 Å². The summed E-state index contributed by atoms with van der Waals surface area (Å²) in [6.45, 7) is 2.30. The Balaban J connectivity index is 2.43. The highest BCUT2D eigenvalue weighted by Gasteiger charge is 2.35. The summed E-state index contributed by atoms with van der Waals surface area (Å²) < 4.78 is 37.6. The third kappa shape index (κ3) is 3.14. The molecule has 0 spiro atoms. The molecule has 2 unspecified atom stereocenters. The van der Waals surface area contributed by atoms with Gasteiger partial charge in [-0.05, 0) is 31.9 Å². The second kappa shape index (κ2) is 6.21. The van der Waals surface area contributed by atoms with Gasteiger partial charge in [0.1, 0.15) is 16.4 Å². The van der Waals surface area contributed by atoms with E-state index in [2.05, 4.69) is 0 Å². The second-order valence-corrected chi connectivity index (χ2v) is 7.13. The summed E-state index contributed by atoms with van der Waals surface area (Å²) in [7, 11) is -0.682. The van der Waals surface area contributed by atoms with Gasteiger partial charge < -0.3 is 15.2 Å². The predicted octanol–water partition coefficient (Wildman–Crippen LogP) is 1.20. The van der Waals surface area contributed by atoms with Crippen molar-refractivity contribution < 1.29 is 17.9 Å². The summed E-state index contributed by atoms with van der Waals surface area (Å²) in [5.74, 6) is 0.800. The molecule has 0 aromatic heterocycles. The van der Waals surface area contributed by atoms with Crippen molar-refractivity contribution in [3.8, 4) is 11.5 Å². The average molecular weight is 314 g/mol. The molecule has 1 fully saturated rings. The molecule has 2 rings (SSSR count). The molecule has 0 amide bonds. The van der Waals surface area contributed by atoms with E-state index in [9.17, 15) is 8.42 Å². The maximum Gasteiger partial charge on any atom is 0.247 e. The molecule has 0 bridgehead atoms. The maximum absolute atomic E-state index is 12.9. The third-order valence-corrected chi connectivity index (χ3v) is 5.85. The Labute approximate surface area is 125 Å². The number of hydrogen-bond acceptors (Lipinski definition) is 5. The topological polar surface area (TPSA) is 81.9 Å². The first-order chi connectivity index (χ1) is 9.90. The summed E-state index contributed by atoms with van der Waals surface area (Å²) in [4.78, 5) is 0.131. The first kappa shape index (κ1) is 16.1. The highest BCUT2D eigenvalue weighted by molar-refractivity contribution is 7.89. The Morgan fingerprint density at radius 1 is 1.29 bits per heavy atom. The molecule has 2 atom stereocenters. The molecule has 21 heavy (non-hydrogen) atoms. The summed E-state index contributed by atoms with van der Waals surface area (Å²) in [5.41, 5.74) is 5.90. The predicted molar refractivity (Wildman–Crippen MR) is 80.1 cm³/mol. The van der Waals surface area contributed by atoms with Crippen LogP contribution in [0.5, 0.6) is 11.5 Å². The van der Waals surface area contributed by atoms with E-state index in [1.54, 1.807) is 12.1 Å². The lowest BCUT2D eigenvalue weighted by molar-refractivity contribution is 0.246. The van der Waals surface area contributed by atoms with E-state index in [0.717, 1.165) is 0 Å². The van der Waals surface area contributed by atoms with Gasteiger partial charge in [-0.15, -0.1) is 0 Å². The number of ether oxygens (including phenoxy) is 2. The zero-order valence-electron chi connectivity index (χ0n) is 12.6. The number of piperidine rings is 1. The maximum atomic E-state index is 12.9. The number of nitrogens with two attached hydrogens (primary N) is 1. The van der Waals surface area contributed by atoms with Crippen molar-refractivity contribution in [1.82, 2.24) is 4.31 Å². The Morgan fingerprint density at radius 3 is 2.57 bits per heavy atom. The van der Waals surface area contributed by atoms with Crippen LogP contribution in [0.2, 0.25) is 0 Å². The minimum absolute atomic E-state index is 0.0543. The van der Waals surface area contributed by atoms with Gasteiger partial charge in [0.25, 0.3) is 0 Å². The molecule has 6 nitrogen and oxygen atoms in total. The van der Waals surface area contributed by atoms with Gasteiger partial charge in [0.05, 0.1) is 14.2 Å². The van der Waals surface area contributed by atoms with Crippen molar-refractivity contribution in [2.24, 2.45) is 5.73 Å². The highest BCUT2D eigenvalue weighted by atomic mass is 32.2. The fraction of sp³-hybridized carbons (Fsp3) is 0.571. The zero-order valence-corrected chi connectivity index (χ0v) is 13.4. The number of methoxy groups -OCH3 is 2. The lowest BCUT2D eigenvalue weighted by atomic mass is 10.0. The summed E-state index contributed by atoms with van der Waals surface area (Å²) in [5, 5.41) is 0. The van der Waals surface area contributed by atoms with Crippen LogP contribution in [-0.2, 0) is 10.0 Å². The fourth-order valence-corrected chi connectivity index (χ4v) is 4.48. The smallest absolute Gasteiger partial charge is 0.247 e. The van der Waals surface area contributed by atoms with E-state index in [4.69, 9.17) is 15.2 Å². The van der Waals surface area contributed by atoms with E-state index >= 15 is 0 Å². The van der Waals surface area contributed by atoms with Crippen LogP contribution in [0.4, 0.5) is 0 Å². The van der Waals surface area contributed by atoms with Gasteiger partial charge in [0.15, 0.2) is 0 Å². The van der Waals surface area contributed by atoms with Crippen LogP contribution in [0, 0.1) is 0 Å². The number of sulfonamides is 1. The molecule has 1 aliphatic rings. The molecule has 0 aliphatic carbocycles. The van der Waals surface area contributed by atoms with E-state index in [1.807, 2.05) is 6.92 Å². The number of benzene rings is 1. The average Bonchev–Trinajstić information content (AvgIpc) is 2.46. The van der Waals surface area contributed by atoms with Gasteiger partial charge in [-0.2, -0.15) is 4.31 Å². The fourth-order valence-electron chi connectivity index (χ4n) is 2.66. The van der Waals surface area contributed by atoms with Crippen molar-refractivity contribution >= 4 is 10.0 Å². The number of rotatable bonds is 4. The molecule has 2 N–H and O–H groups in total. The quantitative estimate of drug-likeness (QED) is 0.903. The normalized spacial score (nSPS) is 23.8. The standard InChI is InChI=1S/C14H22N2O4S/c1-10-8-11(15)6-7-16(10)21(17,18)14-9-12(19-2)4-5-13(14)20-3/h4-5,9-11H,6-8,15H2,1-3H3. The van der Waals surface area contributed by atoms with Gasteiger partial charge in [-0.3, -0.25) is 0 Å². The molecule has 1 heterocycles. The summed E-state index contributed by atoms with van der Waals surface area (Å²) in [6.07, 6.45) is 1.32. The molecule has 1 aliphatic heterocycles.